The van der Waals surface area contributed by atoms with E-state index >= 15 is 0 Å². The van der Waals surface area contributed by atoms with Gasteiger partial charge in [0.2, 0.25) is 11.8 Å². The van der Waals surface area contributed by atoms with E-state index in [0.29, 0.717) is 19.6 Å². The monoisotopic (exact) mass is 341 g/mol. The van der Waals surface area contributed by atoms with Crippen molar-refractivity contribution in [3.05, 3.63) is 47.0 Å². The summed E-state index contributed by atoms with van der Waals surface area (Å²) in [6.07, 6.45) is 3.28. The van der Waals surface area contributed by atoms with E-state index in [2.05, 4.69) is 54.4 Å². The number of hydrogen-bond acceptors (Lipinski definition) is 3. The third kappa shape index (κ3) is 4.48. The molecule has 1 aromatic carbocycles. The van der Waals surface area contributed by atoms with E-state index in [4.69, 9.17) is 0 Å². The predicted molar refractivity (Wildman–Crippen MR) is 98.0 cm³/mol. The van der Waals surface area contributed by atoms with Crippen LogP contribution in [-0.2, 0) is 16.1 Å². The van der Waals surface area contributed by atoms with Gasteiger partial charge in [0, 0.05) is 32.7 Å². The molecule has 0 saturated carbocycles. The van der Waals surface area contributed by atoms with Crippen LogP contribution in [-0.4, -0.2) is 53.8 Å². The second-order valence-electron chi connectivity index (χ2n) is 7.11. The van der Waals surface area contributed by atoms with E-state index in [0.717, 1.165) is 19.5 Å². The zero-order valence-electron chi connectivity index (χ0n) is 15.1. The molecule has 3 rings (SSSR count). The van der Waals surface area contributed by atoms with E-state index in [-0.39, 0.29) is 24.3 Å². The van der Waals surface area contributed by atoms with E-state index < -0.39 is 0 Å². The second kappa shape index (κ2) is 7.83. The second-order valence-corrected chi connectivity index (χ2v) is 7.11. The lowest BCUT2D eigenvalue weighted by Crippen LogP contribution is -2.56. The van der Waals surface area contributed by atoms with Gasteiger partial charge in [-0.05, 0) is 25.8 Å². The van der Waals surface area contributed by atoms with Crippen molar-refractivity contribution in [1.29, 1.82) is 0 Å². The van der Waals surface area contributed by atoms with Crippen molar-refractivity contribution in [2.24, 2.45) is 0 Å². The Balaban J connectivity index is 1.66. The molecule has 5 nitrogen and oxygen atoms in total. The van der Waals surface area contributed by atoms with Gasteiger partial charge in [-0.25, -0.2) is 0 Å². The number of rotatable bonds is 4. The van der Waals surface area contributed by atoms with Gasteiger partial charge in [0.1, 0.15) is 0 Å². The number of amides is 2. The molecule has 2 heterocycles. The van der Waals surface area contributed by atoms with Crippen molar-refractivity contribution in [3.8, 4) is 0 Å². The van der Waals surface area contributed by atoms with Crippen molar-refractivity contribution in [2.75, 3.05) is 26.2 Å². The molecule has 1 N–H and O–H groups in total. The molecular formula is C20H27N3O2. The standard InChI is InChI=1S/C20H27N3O2/c1-15-3-5-17(6-4-15)14-23-12-9-21-20(25)18(23)13-19(24)22-10-7-16(2)8-11-22/h3-7,18H,8-14H2,1-2H3,(H,21,25)/t18-/m0/s1. The molecule has 1 atom stereocenters. The highest BCUT2D eigenvalue weighted by Crippen LogP contribution is 2.17. The van der Waals surface area contributed by atoms with Crippen LogP contribution in [0.1, 0.15) is 30.9 Å². The molecule has 1 fully saturated rings. The number of hydrogen-bond donors (Lipinski definition) is 1. The van der Waals surface area contributed by atoms with E-state index in [9.17, 15) is 9.59 Å². The van der Waals surface area contributed by atoms with Crippen molar-refractivity contribution in [2.45, 2.75) is 39.3 Å². The Morgan fingerprint density at radius 1 is 1.20 bits per heavy atom. The molecule has 0 spiro atoms. The summed E-state index contributed by atoms with van der Waals surface area (Å²) >= 11 is 0. The first-order valence-corrected chi connectivity index (χ1v) is 9.03. The van der Waals surface area contributed by atoms with Crippen molar-refractivity contribution >= 4 is 11.8 Å². The summed E-state index contributed by atoms with van der Waals surface area (Å²) in [4.78, 5) is 29.0. The normalized spacial score (nSPS) is 21.7. The highest BCUT2D eigenvalue weighted by atomic mass is 16.2. The lowest BCUT2D eigenvalue weighted by Gasteiger charge is -2.36. The minimum atomic E-state index is -0.380. The Morgan fingerprint density at radius 2 is 1.96 bits per heavy atom. The summed E-state index contributed by atoms with van der Waals surface area (Å²) in [5.74, 6) is 0.0372. The number of benzene rings is 1. The summed E-state index contributed by atoms with van der Waals surface area (Å²) in [7, 11) is 0. The fraction of sp³-hybridized carbons (Fsp3) is 0.500. The Morgan fingerprint density at radius 3 is 2.64 bits per heavy atom. The fourth-order valence-electron chi connectivity index (χ4n) is 3.39. The summed E-state index contributed by atoms with van der Waals surface area (Å²) < 4.78 is 0. The highest BCUT2D eigenvalue weighted by molar-refractivity contribution is 5.89. The summed E-state index contributed by atoms with van der Waals surface area (Å²) in [5, 5.41) is 2.91. The molecular weight excluding hydrogens is 314 g/mol. The number of carbonyl (C=O) groups is 2. The van der Waals surface area contributed by atoms with Crippen LogP contribution in [0.25, 0.3) is 0 Å². The van der Waals surface area contributed by atoms with Gasteiger partial charge in [0.25, 0.3) is 0 Å². The lowest BCUT2D eigenvalue weighted by molar-refractivity contribution is -0.138. The molecule has 0 aliphatic carbocycles. The van der Waals surface area contributed by atoms with Crippen LogP contribution >= 0.6 is 0 Å². The number of nitrogens with zero attached hydrogens (tertiary/aromatic N) is 2. The van der Waals surface area contributed by atoms with Gasteiger partial charge in [0.15, 0.2) is 0 Å². The SMILES string of the molecule is CC1=CCN(C(=O)C[C@H]2C(=O)NCCN2Cc2ccc(C)cc2)CC1. The number of aryl methyl sites for hydroxylation is 1. The van der Waals surface area contributed by atoms with Crippen molar-refractivity contribution in [3.63, 3.8) is 0 Å². The van der Waals surface area contributed by atoms with Crippen LogP contribution in [0.4, 0.5) is 0 Å². The smallest absolute Gasteiger partial charge is 0.237 e. The molecule has 0 unspecified atom stereocenters. The third-order valence-electron chi connectivity index (χ3n) is 5.10. The van der Waals surface area contributed by atoms with Crippen LogP contribution in [0.15, 0.2) is 35.9 Å². The van der Waals surface area contributed by atoms with Gasteiger partial charge in [0.05, 0.1) is 12.5 Å². The van der Waals surface area contributed by atoms with Crippen LogP contribution < -0.4 is 5.32 Å². The summed E-state index contributed by atoms with van der Waals surface area (Å²) in [6.45, 7) is 7.70. The van der Waals surface area contributed by atoms with E-state index in [1.54, 1.807) is 0 Å². The maximum absolute atomic E-state index is 12.7. The molecule has 25 heavy (non-hydrogen) atoms. The van der Waals surface area contributed by atoms with Gasteiger partial charge in [-0.1, -0.05) is 41.5 Å². The third-order valence-corrected chi connectivity index (χ3v) is 5.10. The molecule has 0 bridgehead atoms. The van der Waals surface area contributed by atoms with Crippen LogP contribution in [0, 0.1) is 6.92 Å². The first kappa shape index (κ1) is 17.7. The molecule has 2 aliphatic rings. The van der Waals surface area contributed by atoms with Crippen molar-refractivity contribution in [1.82, 2.24) is 15.1 Å². The molecule has 2 aliphatic heterocycles. The quantitative estimate of drug-likeness (QED) is 0.851. The predicted octanol–water partition coefficient (Wildman–Crippen LogP) is 1.86. The lowest BCUT2D eigenvalue weighted by atomic mass is 10.0. The molecule has 1 aromatic rings. The minimum Gasteiger partial charge on any atom is -0.353 e. The van der Waals surface area contributed by atoms with Gasteiger partial charge >= 0.3 is 0 Å². The molecule has 5 heteroatoms. The highest BCUT2D eigenvalue weighted by Gasteiger charge is 2.33. The average Bonchev–Trinajstić information content (AvgIpc) is 2.60. The fourth-order valence-corrected chi connectivity index (χ4v) is 3.39. The zero-order valence-corrected chi connectivity index (χ0v) is 15.1. The minimum absolute atomic E-state index is 0.0320. The van der Waals surface area contributed by atoms with Gasteiger partial charge < -0.3 is 10.2 Å². The molecule has 2 amide bonds. The molecule has 0 aromatic heterocycles. The summed E-state index contributed by atoms with van der Waals surface area (Å²) in [5.41, 5.74) is 3.73. The maximum Gasteiger partial charge on any atom is 0.237 e. The summed E-state index contributed by atoms with van der Waals surface area (Å²) in [6, 6.07) is 7.98. The Kier molecular flexibility index (Phi) is 5.53. The van der Waals surface area contributed by atoms with Crippen LogP contribution in [0.2, 0.25) is 0 Å². The largest absolute Gasteiger partial charge is 0.353 e. The molecule has 1 saturated heterocycles. The Labute approximate surface area is 149 Å². The van der Waals surface area contributed by atoms with Gasteiger partial charge in [-0.2, -0.15) is 0 Å². The first-order valence-electron chi connectivity index (χ1n) is 9.03. The topological polar surface area (TPSA) is 52.7 Å². The molecule has 0 radical (unpaired) electrons. The number of carbonyl (C=O) groups excluding carboxylic acids is 2. The van der Waals surface area contributed by atoms with Gasteiger partial charge in [-0.15, -0.1) is 0 Å². The first-order chi connectivity index (χ1) is 12.0. The van der Waals surface area contributed by atoms with Crippen LogP contribution in [0.3, 0.4) is 0 Å². The van der Waals surface area contributed by atoms with Gasteiger partial charge in [-0.3, -0.25) is 14.5 Å². The average molecular weight is 341 g/mol. The Hall–Kier alpha value is -2.14. The van der Waals surface area contributed by atoms with E-state index in [1.807, 2.05) is 4.90 Å². The Bertz CT molecular complexity index is 666. The van der Waals surface area contributed by atoms with Crippen LogP contribution in [0.5, 0.6) is 0 Å². The number of nitrogens with one attached hydrogen (secondary N) is 1. The number of piperazine rings is 1. The maximum atomic E-state index is 12.7. The van der Waals surface area contributed by atoms with E-state index in [1.165, 1.54) is 16.7 Å². The zero-order chi connectivity index (χ0) is 17.8. The molecule has 134 valence electrons. The van der Waals surface area contributed by atoms with Crippen molar-refractivity contribution < 1.29 is 9.59 Å².